The number of aromatic nitrogens is 2. The van der Waals surface area contributed by atoms with E-state index in [1.807, 2.05) is 19.0 Å². The van der Waals surface area contributed by atoms with Gasteiger partial charge in [0.1, 0.15) is 0 Å². The summed E-state index contributed by atoms with van der Waals surface area (Å²) < 4.78 is 6.01. The first-order valence-electron chi connectivity index (χ1n) is 9.38. The second-order valence-corrected chi connectivity index (χ2v) is 8.05. The third-order valence-electron chi connectivity index (χ3n) is 5.65. The maximum atomic E-state index is 6.01. The third kappa shape index (κ3) is 3.10. The number of anilines is 1. The molecule has 1 aromatic carbocycles. The van der Waals surface area contributed by atoms with E-state index < -0.39 is 0 Å². The molecule has 5 nitrogen and oxygen atoms in total. The number of aryl methyl sites for hydroxylation is 2. The summed E-state index contributed by atoms with van der Waals surface area (Å²) >= 11 is 0. The van der Waals surface area contributed by atoms with Crippen molar-refractivity contribution in [3.8, 4) is 0 Å². The molecule has 0 saturated carbocycles. The molecule has 0 unspecified atom stereocenters. The number of hydrogen-bond acceptors (Lipinski definition) is 5. The fourth-order valence-corrected chi connectivity index (χ4v) is 4.28. The normalized spacial score (nSPS) is 22.6. The highest BCUT2D eigenvalue weighted by molar-refractivity contribution is 5.41. The van der Waals surface area contributed by atoms with Crippen molar-refractivity contribution < 1.29 is 4.74 Å². The Labute approximate surface area is 156 Å². The number of benzene rings is 1. The Kier molecular flexibility index (Phi) is 4.45. The van der Waals surface area contributed by atoms with E-state index >= 15 is 0 Å². The zero-order chi connectivity index (χ0) is 18.3. The van der Waals surface area contributed by atoms with Crippen molar-refractivity contribution in [2.24, 2.45) is 0 Å². The van der Waals surface area contributed by atoms with Crippen LogP contribution in [0.4, 0.5) is 5.95 Å². The van der Waals surface area contributed by atoms with Crippen LogP contribution in [0.3, 0.4) is 0 Å². The minimum absolute atomic E-state index is 0.00410. The number of fused-ring (bicyclic) bond motifs is 2. The molecule has 1 atom stereocenters. The van der Waals surface area contributed by atoms with Gasteiger partial charge in [0.25, 0.3) is 0 Å². The summed E-state index contributed by atoms with van der Waals surface area (Å²) in [6.07, 6.45) is 1.09. The van der Waals surface area contributed by atoms with Crippen LogP contribution in [-0.2, 0) is 23.3 Å². The van der Waals surface area contributed by atoms with Crippen LogP contribution in [0.2, 0.25) is 0 Å². The van der Waals surface area contributed by atoms with Crippen LogP contribution in [0.25, 0.3) is 0 Å². The highest BCUT2D eigenvalue weighted by Crippen LogP contribution is 2.40. The van der Waals surface area contributed by atoms with Gasteiger partial charge in [0.15, 0.2) is 0 Å². The van der Waals surface area contributed by atoms with Gasteiger partial charge >= 0.3 is 0 Å². The number of hydrogen-bond donors (Lipinski definition) is 0. The Morgan fingerprint density at radius 2 is 2.08 bits per heavy atom. The number of nitrogens with zero attached hydrogens (tertiary/aromatic N) is 4. The van der Waals surface area contributed by atoms with Gasteiger partial charge < -0.3 is 9.64 Å². The molecular weight excluding hydrogens is 324 g/mol. The Balaban J connectivity index is 1.63. The fourth-order valence-electron chi connectivity index (χ4n) is 4.28. The summed E-state index contributed by atoms with van der Waals surface area (Å²) in [5.74, 6) is 0.805. The van der Waals surface area contributed by atoms with Crippen LogP contribution >= 0.6 is 0 Å². The molecule has 2 aromatic rings. The SMILES string of the molecule is Cc1cccc(CN2CC[C@@]3(COCc4c(C)nc(N(C)C)nc43)C2)c1. The smallest absolute Gasteiger partial charge is 0.225 e. The molecule has 2 aliphatic heterocycles. The van der Waals surface area contributed by atoms with E-state index in [9.17, 15) is 0 Å². The van der Waals surface area contributed by atoms with Gasteiger partial charge in [-0.1, -0.05) is 29.8 Å². The van der Waals surface area contributed by atoms with Crippen molar-refractivity contribution >= 4 is 5.95 Å². The average molecular weight is 352 g/mol. The molecule has 26 heavy (non-hydrogen) atoms. The Morgan fingerprint density at radius 1 is 1.23 bits per heavy atom. The van der Waals surface area contributed by atoms with E-state index in [4.69, 9.17) is 9.72 Å². The van der Waals surface area contributed by atoms with E-state index in [-0.39, 0.29) is 5.41 Å². The van der Waals surface area contributed by atoms with Crippen molar-refractivity contribution in [3.63, 3.8) is 0 Å². The van der Waals surface area contributed by atoms with E-state index in [1.54, 1.807) is 0 Å². The Bertz CT molecular complexity index is 820. The molecule has 3 heterocycles. The minimum Gasteiger partial charge on any atom is -0.376 e. The third-order valence-corrected chi connectivity index (χ3v) is 5.65. The number of rotatable bonds is 3. The van der Waals surface area contributed by atoms with Crippen molar-refractivity contribution in [1.82, 2.24) is 14.9 Å². The van der Waals surface area contributed by atoms with Crippen LogP contribution in [-0.4, -0.2) is 48.7 Å². The Morgan fingerprint density at radius 3 is 2.85 bits per heavy atom. The maximum absolute atomic E-state index is 6.01. The second kappa shape index (κ2) is 6.63. The second-order valence-electron chi connectivity index (χ2n) is 8.05. The molecule has 0 amide bonds. The lowest BCUT2D eigenvalue weighted by Crippen LogP contribution is -2.41. The van der Waals surface area contributed by atoms with Crippen molar-refractivity contribution in [1.29, 1.82) is 0 Å². The molecule has 0 bridgehead atoms. The van der Waals surface area contributed by atoms with Gasteiger partial charge in [-0.2, -0.15) is 0 Å². The molecule has 5 heteroatoms. The quantitative estimate of drug-likeness (QED) is 0.850. The van der Waals surface area contributed by atoms with E-state index in [1.165, 1.54) is 22.4 Å². The summed E-state index contributed by atoms with van der Waals surface area (Å²) in [7, 11) is 4.01. The van der Waals surface area contributed by atoms with Crippen LogP contribution in [0, 0.1) is 13.8 Å². The molecular formula is C21H28N4O. The van der Waals surface area contributed by atoms with Gasteiger partial charge in [-0.25, -0.2) is 9.97 Å². The van der Waals surface area contributed by atoms with E-state index in [2.05, 4.69) is 48.0 Å². The molecule has 2 aliphatic rings. The summed E-state index contributed by atoms with van der Waals surface area (Å²) in [5, 5.41) is 0. The molecule has 0 aliphatic carbocycles. The van der Waals surface area contributed by atoms with Crippen molar-refractivity contribution in [3.05, 3.63) is 52.3 Å². The monoisotopic (exact) mass is 352 g/mol. The lowest BCUT2D eigenvalue weighted by molar-refractivity contribution is 0.0498. The number of likely N-dealkylation sites (tertiary alicyclic amines) is 1. The van der Waals surface area contributed by atoms with Crippen LogP contribution in [0.1, 0.15) is 34.5 Å². The summed E-state index contributed by atoms with van der Waals surface area (Å²) in [4.78, 5) is 14.2. The van der Waals surface area contributed by atoms with Gasteiger partial charge in [0.05, 0.1) is 24.3 Å². The molecule has 1 aromatic heterocycles. The van der Waals surface area contributed by atoms with Crippen LogP contribution in [0.15, 0.2) is 24.3 Å². The van der Waals surface area contributed by atoms with Crippen molar-refractivity contribution in [2.75, 3.05) is 38.7 Å². The largest absolute Gasteiger partial charge is 0.376 e. The van der Waals surface area contributed by atoms with Gasteiger partial charge in [-0.3, -0.25) is 4.90 Å². The predicted molar refractivity (Wildman–Crippen MR) is 104 cm³/mol. The first-order chi connectivity index (χ1) is 12.5. The van der Waals surface area contributed by atoms with E-state index in [0.717, 1.165) is 44.3 Å². The predicted octanol–water partition coefficient (Wildman–Crippen LogP) is 2.83. The number of ether oxygens (including phenoxy) is 1. The highest BCUT2D eigenvalue weighted by atomic mass is 16.5. The van der Waals surface area contributed by atoms with Gasteiger partial charge in [0, 0.05) is 38.4 Å². The molecule has 138 valence electrons. The standard InChI is InChI=1S/C21H28N4O/c1-15-6-5-7-17(10-15)11-25-9-8-21(13-25)14-26-12-18-16(2)22-20(24(3)4)23-19(18)21/h5-7,10H,8-9,11-14H2,1-4H3/t21-/m0/s1. The molecule has 1 fully saturated rings. The first-order valence-corrected chi connectivity index (χ1v) is 9.38. The minimum atomic E-state index is -0.00410. The summed E-state index contributed by atoms with van der Waals surface area (Å²) in [6.45, 7) is 8.69. The van der Waals surface area contributed by atoms with Crippen molar-refractivity contribution in [2.45, 2.75) is 38.8 Å². The zero-order valence-corrected chi connectivity index (χ0v) is 16.2. The van der Waals surface area contributed by atoms with Crippen LogP contribution < -0.4 is 4.90 Å². The molecule has 1 spiro atoms. The van der Waals surface area contributed by atoms with E-state index in [0.29, 0.717) is 6.61 Å². The molecule has 1 saturated heterocycles. The van der Waals surface area contributed by atoms with Crippen LogP contribution in [0.5, 0.6) is 0 Å². The fraction of sp³-hybridized carbons (Fsp3) is 0.524. The molecule has 0 radical (unpaired) electrons. The van der Waals surface area contributed by atoms with Gasteiger partial charge in [0.2, 0.25) is 5.95 Å². The summed E-state index contributed by atoms with van der Waals surface area (Å²) in [5.41, 5.74) is 6.16. The highest BCUT2D eigenvalue weighted by Gasteiger charge is 2.45. The van der Waals surface area contributed by atoms with Gasteiger partial charge in [-0.05, 0) is 32.4 Å². The topological polar surface area (TPSA) is 41.5 Å². The first kappa shape index (κ1) is 17.4. The lowest BCUT2D eigenvalue weighted by Gasteiger charge is -2.35. The maximum Gasteiger partial charge on any atom is 0.225 e. The average Bonchev–Trinajstić information content (AvgIpc) is 2.99. The van der Waals surface area contributed by atoms with Gasteiger partial charge in [-0.15, -0.1) is 0 Å². The summed E-state index contributed by atoms with van der Waals surface area (Å²) in [6, 6.07) is 8.81. The zero-order valence-electron chi connectivity index (χ0n) is 16.2. The molecule has 0 N–H and O–H groups in total. The Hall–Kier alpha value is -1.98. The molecule has 4 rings (SSSR count). The lowest BCUT2D eigenvalue weighted by atomic mass is 9.80.